The van der Waals surface area contributed by atoms with Crippen LogP contribution in [0.4, 0.5) is 0 Å². The fourth-order valence-electron chi connectivity index (χ4n) is 3.85. The summed E-state index contributed by atoms with van der Waals surface area (Å²) in [5.74, 6) is 0.236. The average Bonchev–Trinajstić information content (AvgIpc) is 2.73. The molecule has 0 aliphatic carbocycles. The van der Waals surface area contributed by atoms with Crippen molar-refractivity contribution < 1.29 is 17.9 Å². The molecule has 29 heavy (non-hydrogen) atoms. The van der Waals surface area contributed by atoms with Gasteiger partial charge in [0.25, 0.3) is 0 Å². The minimum Gasteiger partial charge on any atom is -0.493 e. The van der Waals surface area contributed by atoms with Gasteiger partial charge in [-0.2, -0.15) is 4.31 Å². The fourth-order valence-corrected chi connectivity index (χ4v) is 5.44. The van der Waals surface area contributed by atoms with E-state index in [0.717, 1.165) is 12.0 Å². The predicted octanol–water partition coefficient (Wildman–Crippen LogP) is 2.97. The Bertz CT molecular complexity index is 929. The zero-order chi connectivity index (χ0) is 20.9. The average molecular weight is 417 g/mol. The van der Waals surface area contributed by atoms with E-state index >= 15 is 0 Å². The van der Waals surface area contributed by atoms with Crippen LogP contribution in [0.15, 0.2) is 59.5 Å². The van der Waals surface area contributed by atoms with Gasteiger partial charge in [-0.15, -0.1) is 0 Å². The number of sulfonamides is 1. The second kappa shape index (κ2) is 8.97. The van der Waals surface area contributed by atoms with Gasteiger partial charge in [-0.3, -0.25) is 4.79 Å². The van der Waals surface area contributed by atoms with Crippen molar-refractivity contribution in [2.45, 2.75) is 37.5 Å². The van der Waals surface area contributed by atoms with Gasteiger partial charge < -0.3 is 10.5 Å². The number of ether oxygens (including phenoxy) is 1. The molecule has 1 atom stereocenters. The van der Waals surface area contributed by atoms with Crippen LogP contribution >= 0.6 is 0 Å². The number of nitrogens with two attached hydrogens (primary N) is 1. The number of carbonyl (C=O) groups excluding carboxylic acids is 1. The highest BCUT2D eigenvalue weighted by molar-refractivity contribution is 7.89. The van der Waals surface area contributed by atoms with E-state index in [-0.39, 0.29) is 24.5 Å². The molecule has 2 aromatic rings. The normalized spacial score (nSPS) is 20.3. The van der Waals surface area contributed by atoms with Gasteiger partial charge in [0.15, 0.2) is 0 Å². The van der Waals surface area contributed by atoms with Crippen LogP contribution in [0, 0.1) is 5.41 Å². The molecule has 156 valence electrons. The van der Waals surface area contributed by atoms with Gasteiger partial charge >= 0.3 is 0 Å². The van der Waals surface area contributed by atoms with Gasteiger partial charge in [0.1, 0.15) is 5.75 Å². The maximum Gasteiger partial charge on any atom is 0.243 e. The van der Waals surface area contributed by atoms with Crippen LogP contribution in [0.5, 0.6) is 5.75 Å². The minimum absolute atomic E-state index is 0.0840. The Morgan fingerprint density at radius 3 is 2.45 bits per heavy atom. The Morgan fingerprint density at radius 2 is 1.83 bits per heavy atom. The molecule has 0 spiro atoms. The number of para-hydroxylation sites is 1. The van der Waals surface area contributed by atoms with Gasteiger partial charge in [0.05, 0.1) is 11.5 Å². The first-order chi connectivity index (χ1) is 13.8. The second-order valence-electron chi connectivity index (χ2n) is 7.68. The second-order valence-corrected chi connectivity index (χ2v) is 9.62. The Balaban J connectivity index is 1.82. The number of benzene rings is 2. The fraction of sp³-hybridized carbons (Fsp3) is 0.409. The lowest BCUT2D eigenvalue weighted by Crippen LogP contribution is -2.50. The monoisotopic (exact) mass is 416 g/mol. The van der Waals surface area contributed by atoms with Crippen molar-refractivity contribution in [1.82, 2.24) is 4.31 Å². The molecular weight excluding hydrogens is 388 g/mol. The quantitative estimate of drug-likeness (QED) is 0.716. The van der Waals surface area contributed by atoms with Gasteiger partial charge in [0, 0.05) is 24.9 Å². The summed E-state index contributed by atoms with van der Waals surface area (Å²) in [6.45, 7) is 2.89. The smallest absolute Gasteiger partial charge is 0.243 e. The number of primary amides is 1. The van der Waals surface area contributed by atoms with Crippen molar-refractivity contribution >= 4 is 15.9 Å². The molecule has 0 bridgehead atoms. The highest BCUT2D eigenvalue weighted by atomic mass is 32.2. The molecule has 0 saturated carbocycles. The van der Waals surface area contributed by atoms with Crippen molar-refractivity contribution in [2.75, 3.05) is 19.7 Å². The maximum absolute atomic E-state index is 13.2. The number of rotatable bonds is 8. The van der Waals surface area contributed by atoms with Crippen molar-refractivity contribution in [2.24, 2.45) is 11.1 Å². The molecule has 1 amide bonds. The number of nitrogens with zero attached hydrogens (tertiary/aromatic N) is 1. The summed E-state index contributed by atoms with van der Waals surface area (Å²) in [6.07, 6.45) is 2.27. The molecule has 1 aliphatic rings. The van der Waals surface area contributed by atoms with Crippen molar-refractivity contribution in [3.63, 3.8) is 0 Å². The van der Waals surface area contributed by atoms with E-state index in [2.05, 4.69) is 0 Å². The van der Waals surface area contributed by atoms with Gasteiger partial charge in [-0.1, -0.05) is 37.3 Å². The molecule has 1 aliphatic heterocycles. The number of hydrogen-bond acceptors (Lipinski definition) is 4. The van der Waals surface area contributed by atoms with E-state index in [1.807, 2.05) is 49.4 Å². The van der Waals surface area contributed by atoms with Gasteiger partial charge in [-0.25, -0.2) is 8.42 Å². The third-order valence-electron chi connectivity index (χ3n) is 5.43. The number of piperidine rings is 1. The Kier molecular flexibility index (Phi) is 6.59. The van der Waals surface area contributed by atoms with E-state index in [4.69, 9.17) is 10.5 Å². The lowest BCUT2D eigenvalue weighted by Gasteiger charge is -2.41. The molecule has 2 aromatic carbocycles. The number of hydrogen-bond donors (Lipinski definition) is 1. The van der Waals surface area contributed by atoms with Crippen LogP contribution in [0.25, 0.3) is 0 Å². The van der Waals surface area contributed by atoms with Crippen molar-refractivity contribution in [3.8, 4) is 5.75 Å². The summed E-state index contributed by atoms with van der Waals surface area (Å²) in [5.41, 5.74) is 5.96. The molecule has 7 heteroatoms. The molecule has 1 saturated heterocycles. The Hall–Kier alpha value is -2.38. The first-order valence-corrected chi connectivity index (χ1v) is 11.3. The third kappa shape index (κ3) is 5.16. The lowest BCUT2D eigenvalue weighted by atomic mass is 9.78. The van der Waals surface area contributed by atoms with Crippen LogP contribution in [0.1, 0.15) is 31.7 Å². The molecule has 0 radical (unpaired) electrons. The zero-order valence-corrected chi connectivity index (χ0v) is 17.5. The predicted molar refractivity (Wildman–Crippen MR) is 112 cm³/mol. The summed E-state index contributed by atoms with van der Waals surface area (Å²) in [7, 11) is -3.65. The van der Waals surface area contributed by atoms with Gasteiger partial charge in [0.2, 0.25) is 15.9 Å². The summed E-state index contributed by atoms with van der Waals surface area (Å²) in [5, 5.41) is 0. The van der Waals surface area contributed by atoms with E-state index < -0.39 is 21.3 Å². The third-order valence-corrected chi connectivity index (χ3v) is 7.29. The molecular formula is C22H28N2O4S. The highest BCUT2D eigenvalue weighted by Crippen LogP contribution is 2.36. The number of aryl methyl sites for hydroxylation is 1. The Labute approximate surface area is 172 Å². The molecule has 6 nitrogen and oxygen atoms in total. The van der Waals surface area contributed by atoms with Crippen LogP contribution in [-0.2, 0) is 21.2 Å². The first-order valence-electron chi connectivity index (χ1n) is 9.90. The molecule has 0 aromatic heterocycles. The topological polar surface area (TPSA) is 89.7 Å². The van der Waals surface area contributed by atoms with Crippen LogP contribution in [0.2, 0.25) is 0 Å². The first kappa shape index (κ1) is 21.3. The summed E-state index contributed by atoms with van der Waals surface area (Å²) < 4.78 is 33.8. The molecule has 1 heterocycles. The molecule has 3 rings (SSSR count). The van der Waals surface area contributed by atoms with Gasteiger partial charge in [-0.05, 0) is 49.1 Å². The van der Waals surface area contributed by atoms with E-state index in [1.54, 1.807) is 12.1 Å². The van der Waals surface area contributed by atoms with E-state index in [0.29, 0.717) is 25.1 Å². The maximum atomic E-state index is 13.2. The largest absolute Gasteiger partial charge is 0.493 e. The van der Waals surface area contributed by atoms with Crippen LogP contribution in [0.3, 0.4) is 0 Å². The summed E-state index contributed by atoms with van der Waals surface area (Å²) >= 11 is 0. The summed E-state index contributed by atoms with van der Waals surface area (Å²) in [4.78, 5) is 12.1. The van der Waals surface area contributed by atoms with Crippen molar-refractivity contribution in [3.05, 3.63) is 60.2 Å². The minimum atomic E-state index is -3.65. The highest BCUT2D eigenvalue weighted by Gasteiger charge is 2.42. The molecule has 2 N–H and O–H groups in total. The lowest BCUT2D eigenvalue weighted by molar-refractivity contribution is -0.121. The van der Waals surface area contributed by atoms with Crippen molar-refractivity contribution in [1.29, 1.82) is 0 Å². The van der Waals surface area contributed by atoms with Crippen LogP contribution in [-0.4, -0.2) is 38.3 Å². The van der Waals surface area contributed by atoms with E-state index in [9.17, 15) is 13.2 Å². The number of carbonyl (C=O) groups is 1. The standard InChI is InChI=1S/C22H28N2O4S/c1-2-18-9-11-20(12-10-18)29(26,27)24-14-6-13-22(16-24,15-21(23)25)17-28-19-7-4-3-5-8-19/h3-5,7-12H,2,6,13-17H2,1H3,(H2,23,25)/t22-/m1/s1. The molecule has 1 fully saturated rings. The zero-order valence-electron chi connectivity index (χ0n) is 16.7. The Morgan fingerprint density at radius 1 is 1.14 bits per heavy atom. The summed E-state index contributed by atoms with van der Waals surface area (Å²) in [6, 6.07) is 16.3. The SMILES string of the molecule is CCc1ccc(S(=O)(=O)N2CCC[C@@](COc3ccccc3)(CC(N)=O)C2)cc1. The molecule has 0 unspecified atom stereocenters. The van der Waals surface area contributed by atoms with Crippen LogP contribution < -0.4 is 10.5 Å². The number of amides is 1. The van der Waals surface area contributed by atoms with E-state index in [1.165, 1.54) is 4.31 Å².